The number of aromatic nitrogens is 4. The van der Waals surface area contributed by atoms with Crippen molar-refractivity contribution >= 4 is 11.6 Å². The van der Waals surface area contributed by atoms with Gasteiger partial charge in [-0.1, -0.05) is 59.7 Å². The summed E-state index contributed by atoms with van der Waals surface area (Å²) in [4.78, 5) is 57.0. The van der Waals surface area contributed by atoms with Gasteiger partial charge in [0.25, 0.3) is 11.1 Å². The second-order valence-corrected chi connectivity index (χ2v) is 10.1. The molecule has 0 aliphatic heterocycles. The Morgan fingerprint density at radius 1 is 0.538 bits per heavy atom. The summed E-state index contributed by atoms with van der Waals surface area (Å²) < 4.78 is 2.63. The van der Waals surface area contributed by atoms with Crippen molar-refractivity contribution in [2.45, 2.75) is 33.1 Å². The average Bonchev–Trinajstić information content (AvgIpc) is 3.47. The molecule has 2 aromatic heterocycles. The topological polar surface area (TPSA) is 110 Å². The number of benzene rings is 3. The van der Waals surface area contributed by atoms with E-state index >= 15 is 0 Å². The molecule has 8 heteroatoms. The third kappa shape index (κ3) is 3.31. The Labute approximate surface area is 223 Å². The van der Waals surface area contributed by atoms with Crippen LogP contribution in [0.2, 0.25) is 0 Å². The van der Waals surface area contributed by atoms with Gasteiger partial charge in [-0.05, 0) is 52.0 Å². The highest BCUT2D eigenvalue weighted by Crippen LogP contribution is 2.44. The van der Waals surface area contributed by atoms with Gasteiger partial charge in [-0.2, -0.15) is 0 Å². The van der Waals surface area contributed by atoms with Crippen LogP contribution in [0, 0.1) is 27.7 Å². The Bertz CT molecular complexity index is 1770. The van der Waals surface area contributed by atoms with Crippen LogP contribution < -0.4 is 11.1 Å². The Morgan fingerprint density at radius 3 is 1.26 bits per heavy atom. The van der Waals surface area contributed by atoms with E-state index in [1.54, 1.807) is 62.4 Å². The number of ketones is 2. The number of nitrogens with zero attached hydrogens (tertiary/aromatic N) is 2. The van der Waals surface area contributed by atoms with E-state index in [2.05, 4.69) is 10.2 Å². The van der Waals surface area contributed by atoms with E-state index in [1.165, 1.54) is 9.36 Å². The number of H-pyrrole nitrogens is 2. The zero-order valence-corrected chi connectivity index (χ0v) is 22.0. The quantitative estimate of drug-likeness (QED) is 0.347. The van der Waals surface area contributed by atoms with Crippen LogP contribution in [-0.4, -0.2) is 31.1 Å². The molecule has 6 rings (SSSR count). The number of hydrogen-bond acceptors (Lipinski definition) is 4. The van der Waals surface area contributed by atoms with Gasteiger partial charge in [0.1, 0.15) is 0 Å². The van der Waals surface area contributed by atoms with Crippen molar-refractivity contribution < 1.29 is 9.59 Å². The first-order chi connectivity index (χ1) is 18.7. The van der Waals surface area contributed by atoms with Crippen molar-refractivity contribution in [1.29, 1.82) is 0 Å². The summed E-state index contributed by atoms with van der Waals surface area (Å²) in [5, 5.41) is 6.10. The number of aryl methyl sites for hydroxylation is 4. The maximum Gasteiger partial charge on any atom is 0.276 e. The van der Waals surface area contributed by atoms with Gasteiger partial charge in [-0.3, -0.25) is 29.4 Å². The molecule has 1 aliphatic rings. The molecule has 0 radical (unpaired) electrons. The summed E-state index contributed by atoms with van der Waals surface area (Å²) in [5.74, 6) is -1.18. The van der Waals surface area contributed by atoms with E-state index in [0.717, 1.165) is 11.1 Å². The van der Waals surface area contributed by atoms with Crippen LogP contribution in [0.15, 0.2) is 82.4 Å². The van der Waals surface area contributed by atoms with Gasteiger partial charge in [-0.15, -0.1) is 0 Å². The fourth-order valence-corrected chi connectivity index (χ4v) is 5.69. The predicted octanol–water partition coefficient (Wildman–Crippen LogP) is 4.24. The molecule has 5 aromatic rings. The average molecular weight is 519 g/mol. The lowest BCUT2D eigenvalue weighted by Gasteiger charge is -2.24. The Kier molecular flexibility index (Phi) is 5.32. The van der Waals surface area contributed by atoms with Crippen molar-refractivity contribution in [2.75, 3.05) is 0 Å². The van der Waals surface area contributed by atoms with Crippen molar-refractivity contribution in [2.24, 2.45) is 0 Å². The van der Waals surface area contributed by atoms with Gasteiger partial charge in [0.15, 0.2) is 17.0 Å². The van der Waals surface area contributed by atoms with Gasteiger partial charge >= 0.3 is 0 Å². The van der Waals surface area contributed by atoms with E-state index in [-0.39, 0.29) is 22.3 Å². The van der Waals surface area contributed by atoms with Gasteiger partial charge in [0, 0.05) is 22.5 Å². The summed E-state index contributed by atoms with van der Waals surface area (Å²) in [5.41, 5.74) is 0.791. The Balaban J connectivity index is 1.69. The zero-order valence-electron chi connectivity index (χ0n) is 22.0. The first kappa shape index (κ1) is 24.4. The molecular weight excluding hydrogens is 492 g/mol. The minimum Gasteiger partial charge on any atom is -0.295 e. The molecular formula is C31H26N4O4. The highest BCUT2D eigenvalue weighted by atomic mass is 16.2. The highest BCUT2D eigenvalue weighted by Gasteiger charge is 2.60. The highest BCUT2D eigenvalue weighted by molar-refractivity contribution is 6.35. The minimum atomic E-state index is -2.15. The zero-order chi connectivity index (χ0) is 27.6. The number of Topliss-reactive ketones (excluding diaryl/α,β-unsaturated/α-hetero) is 2. The van der Waals surface area contributed by atoms with Crippen LogP contribution in [0.25, 0.3) is 11.4 Å². The summed E-state index contributed by atoms with van der Waals surface area (Å²) in [6.45, 7) is 7.17. The maximum absolute atomic E-state index is 14.4. The molecule has 0 amide bonds. The number of hydrogen-bond donors (Lipinski definition) is 2. The molecule has 2 N–H and O–H groups in total. The van der Waals surface area contributed by atoms with Gasteiger partial charge in [0.05, 0.1) is 22.5 Å². The van der Waals surface area contributed by atoms with Gasteiger partial charge < -0.3 is 0 Å². The second-order valence-electron chi connectivity index (χ2n) is 10.1. The smallest absolute Gasteiger partial charge is 0.276 e. The summed E-state index contributed by atoms with van der Waals surface area (Å²) in [6, 6.07) is 21.1. The standard InChI is InChI=1S/C31H26N4O4/c1-17-9-13-21(14-10-17)34-29(38)25(19(3)32-34)31(27(36)23-7-5-6-8-24(23)28(31)37)26-20(4)33-35(30(26)39)22-15-11-18(2)12-16-22/h5-16,32-33H,1-4H3. The van der Waals surface area contributed by atoms with Gasteiger partial charge in [-0.25, -0.2) is 9.36 Å². The second kappa shape index (κ2) is 8.52. The Hall–Kier alpha value is -4.98. The van der Waals surface area contributed by atoms with Crippen LogP contribution in [0.5, 0.6) is 0 Å². The fourth-order valence-electron chi connectivity index (χ4n) is 5.69. The molecule has 0 bridgehead atoms. The molecule has 39 heavy (non-hydrogen) atoms. The molecule has 0 unspecified atom stereocenters. The van der Waals surface area contributed by atoms with Crippen LogP contribution in [0.1, 0.15) is 54.4 Å². The van der Waals surface area contributed by atoms with E-state index in [9.17, 15) is 19.2 Å². The van der Waals surface area contributed by atoms with Gasteiger partial charge in [0.2, 0.25) is 0 Å². The number of nitrogens with one attached hydrogen (secondary N) is 2. The number of fused-ring (bicyclic) bond motifs is 1. The third-order valence-corrected chi connectivity index (χ3v) is 7.57. The molecule has 3 aromatic carbocycles. The lowest BCUT2D eigenvalue weighted by molar-refractivity contribution is 0.0826. The number of aromatic amines is 2. The van der Waals surface area contributed by atoms with Crippen LogP contribution in [0.4, 0.5) is 0 Å². The predicted molar refractivity (Wildman–Crippen MR) is 148 cm³/mol. The molecule has 1 aliphatic carbocycles. The maximum atomic E-state index is 14.4. The Morgan fingerprint density at radius 2 is 0.897 bits per heavy atom. The number of carbonyl (C=O) groups excluding carboxylic acids is 2. The summed E-state index contributed by atoms with van der Waals surface area (Å²) >= 11 is 0. The van der Waals surface area contributed by atoms with Crippen molar-refractivity contribution in [3.05, 3.63) is 138 Å². The lowest BCUT2D eigenvalue weighted by Crippen LogP contribution is -2.47. The number of rotatable bonds is 4. The van der Waals surface area contributed by atoms with E-state index in [1.807, 2.05) is 38.1 Å². The molecule has 2 heterocycles. The summed E-state index contributed by atoms with van der Waals surface area (Å²) in [7, 11) is 0. The fraction of sp³-hybridized carbons (Fsp3) is 0.161. The molecule has 0 saturated heterocycles. The van der Waals surface area contributed by atoms with Crippen LogP contribution >= 0.6 is 0 Å². The van der Waals surface area contributed by atoms with Crippen LogP contribution in [-0.2, 0) is 5.41 Å². The lowest BCUT2D eigenvalue weighted by atomic mass is 9.70. The normalized spacial score (nSPS) is 14.2. The summed E-state index contributed by atoms with van der Waals surface area (Å²) in [6.07, 6.45) is 0. The molecule has 0 fully saturated rings. The molecule has 194 valence electrons. The largest absolute Gasteiger partial charge is 0.295 e. The van der Waals surface area contributed by atoms with E-state index in [4.69, 9.17) is 0 Å². The minimum absolute atomic E-state index is 0.0514. The van der Waals surface area contributed by atoms with Crippen molar-refractivity contribution in [1.82, 2.24) is 19.6 Å². The first-order valence-corrected chi connectivity index (χ1v) is 12.6. The van der Waals surface area contributed by atoms with E-state index in [0.29, 0.717) is 22.8 Å². The van der Waals surface area contributed by atoms with E-state index < -0.39 is 28.1 Å². The van der Waals surface area contributed by atoms with Crippen molar-refractivity contribution in [3.8, 4) is 11.4 Å². The monoisotopic (exact) mass is 518 g/mol. The SMILES string of the molecule is Cc1ccc(-n2[nH]c(C)c(C3(c4c(C)[nH]n(-c5ccc(C)cc5)c4=O)C(=O)c4ccccc4C3=O)c2=O)cc1. The molecule has 8 nitrogen and oxygen atoms in total. The van der Waals surface area contributed by atoms with Crippen LogP contribution in [0.3, 0.4) is 0 Å². The molecule has 0 spiro atoms. The molecule has 0 saturated carbocycles. The number of carbonyl (C=O) groups is 2. The first-order valence-electron chi connectivity index (χ1n) is 12.6. The third-order valence-electron chi connectivity index (χ3n) is 7.57. The molecule has 0 atom stereocenters. The van der Waals surface area contributed by atoms with Crippen molar-refractivity contribution in [3.63, 3.8) is 0 Å².